The maximum absolute atomic E-state index is 13.2. The van der Waals surface area contributed by atoms with Crippen molar-refractivity contribution in [3.05, 3.63) is 482 Å². The Morgan fingerprint density at radius 3 is 0.779 bits per heavy atom. The average molecular weight is 2440 g/mol. The minimum absolute atomic E-state index is 0. The molecule has 0 fully saturated rings. The zero-order chi connectivity index (χ0) is 87.7. The third-order valence-electron chi connectivity index (χ3n) is 18.8. The van der Waals surface area contributed by atoms with Crippen molar-refractivity contribution in [2.24, 2.45) is 0 Å². The number of pyridine rings is 4. The number of para-hydroxylation sites is 8. The van der Waals surface area contributed by atoms with Gasteiger partial charge in [0.1, 0.15) is 5.82 Å². The van der Waals surface area contributed by atoms with Crippen LogP contribution in [0.25, 0.3) is 145 Å². The van der Waals surface area contributed by atoms with Crippen molar-refractivity contribution in [1.82, 2.24) is 59.8 Å². The molecule has 0 bridgehead atoms. The van der Waals surface area contributed by atoms with E-state index < -0.39 is 0 Å². The van der Waals surface area contributed by atoms with E-state index in [0.29, 0.717) is 27.5 Å². The van der Waals surface area contributed by atoms with Gasteiger partial charge in [0, 0.05) is 163 Å². The maximum atomic E-state index is 13.2. The molecule has 13 nitrogen and oxygen atoms in total. The van der Waals surface area contributed by atoms with Crippen LogP contribution in [0.3, 0.4) is 0 Å². The minimum atomic E-state index is -0.365. The summed E-state index contributed by atoms with van der Waals surface area (Å²) in [7, 11) is 0. The monoisotopic (exact) mass is 2440 g/mol. The Balaban J connectivity index is 0.000000157. The summed E-state index contributed by atoms with van der Waals surface area (Å²) < 4.78 is 39.3. The second-order valence-electron chi connectivity index (χ2n) is 27.7. The fourth-order valence-electron chi connectivity index (χ4n) is 12.6. The van der Waals surface area contributed by atoms with E-state index in [2.05, 4.69) is 114 Å². The van der Waals surface area contributed by atoms with Gasteiger partial charge in [-0.3, -0.25) is 48.7 Å². The number of nitrogens with zero attached hydrogens (tertiary/aromatic N) is 13. The average Bonchev–Trinajstić information content (AvgIpc) is 0.786. The zero-order valence-electron chi connectivity index (χ0n) is 70.1. The fraction of sp³-hybridized carbons (Fsp3) is 0.0273. The van der Waals surface area contributed by atoms with Gasteiger partial charge in [-0.1, -0.05) is 109 Å². The summed E-state index contributed by atoms with van der Waals surface area (Å²) in [5.41, 5.74) is 25.4. The third-order valence-corrected chi connectivity index (χ3v) is 19.0. The number of nitriles is 1. The number of halogens is 4. The molecule has 0 aliphatic carbocycles. The molecule has 21 rings (SSSR count). The van der Waals surface area contributed by atoms with Crippen molar-refractivity contribution in [1.29, 1.82) is 5.26 Å². The van der Waals surface area contributed by atoms with Gasteiger partial charge < -0.3 is 19.9 Å². The zero-order valence-corrected chi connectivity index (χ0v) is 80.4. The molecule has 8 heterocycles. The molecular weight excluding hydrogens is 2360 g/mol. The van der Waals surface area contributed by atoms with Gasteiger partial charge in [0.25, 0.3) is 0 Å². The molecule has 650 valence electrons. The van der Waals surface area contributed by atoms with Gasteiger partial charge >= 0.3 is 0 Å². The number of fused-ring (bicyclic) bond motifs is 4. The first kappa shape index (κ1) is 99.2. The molecule has 21 aromatic rings. The van der Waals surface area contributed by atoms with Crippen LogP contribution in [0.5, 0.6) is 0 Å². The fourth-order valence-corrected chi connectivity index (χ4v) is 12.7. The summed E-state index contributed by atoms with van der Waals surface area (Å²) in [4.78, 5) is 53.6. The second kappa shape index (κ2) is 51.2. The van der Waals surface area contributed by atoms with Crippen LogP contribution >= 0.6 is 11.6 Å². The van der Waals surface area contributed by atoms with Gasteiger partial charge in [0.05, 0.1) is 49.8 Å². The first-order chi connectivity index (χ1) is 62.3. The molecule has 0 amide bonds. The van der Waals surface area contributed by atoms with Gasteiger partial charge in [-0.05, 0) is 145 Å². The Morgan fingerprint density at radius 1 is 0.244 bits per heavy atom. The van der Waals surface area contributed by atoms with Crippen molar-refractivity contribution in [2.45, 2.75) is 20.8 Å². The molecule has 13 aromatic carbocycles. The van der Waals surface area contributed by atoms with Crippen molar-refractivity contribution < 1.29 is 93.6 Å². The second-order valence-corrected chi connectivity index (χ2v) is 28.1. The molecule has 0 N–H and O–H groups in total. The third kappa shape index (κ3) is 28.5. The van der Waals surface area contributed by atoms with E-state index in [0.717, 1.165) is 146 Å². The maximum Gasteiger partial charge on any atom is 0.123 e. The molecule has 0 saturated carbocycles. The Hall–Kier alpha value is -14.0. The number of benzene rings is 13. The smallest absolute Gasteiger partial charge is 0.123 e. The van der Waals surface area contributed by atoms with Gasteiger partial charge in [-0.2, -0.15) is 0 Å². The molecule has 0 atom stereocenters. The molecule has 0 aliphatic rings. The largest absolute Gasteiger partial charge is 0.305 e. The van der Waals surface area contributed by atoms with Crippen LogP contribution in [0, 0.1) is 98.1 Å². The molecule has 0 saturated heterocycles. The van der Waals surface area contributed by atoms with Gasteiger partial charge in [-0.15, -0.1) is 274 Å². The number of aromatic nitrogens is 12. The SMILES string of the molecule is Cc1nc2ccccc2nc1-c1[c-]cc(C#N)cc1.Cc1nc2ccccc2nc1-c1[c-]cc(Cl)cc1.Cc1nc2ccccc2nc1-c1[c-]cc(F)cc1.Fc1c[c-]c(-c2nc3ccccc3nc2-c2ccc(F)cc2)cc1.[Ir].[Ir].[Ir].[Ir].[c-]1ccccc1-c1ccccn1.[c-]1ccccc1-c1ccccn1.[c-]1ccccc1-c1ccccn1.[c-]1ccccc1-c1ccccn1. The topological polar surface area (TPSA) is 178 Å². The van der Waals surface area contributed by atoms with E-state index in [1.54, 1.807) is 67.3 Å². The van der Waals surface area contributed by atoms with Crippen LogP contribution in [0.15, 0.2) is 389 Å². The van der Waals surface area contributed by atoms with E-state index in [9.17, 15) is 13.2 Å². The first-order valence-electron chi connectivity index (χ1n) is 40.0. The van der Waals surface area contributed by atoms with Crippen molar-refractivity contribution >= 4 is 55.7 Å². The normalized spacial score (nSPS) is 10.0. The summed E-state index contributed by atoms with van der Waals surface area (Å²) in [6.07, 6.45) is 7.15. The van der Waals surface area contributed by atoms with Crippen LogP contribution in [-0.2, 0) is 80.4 Å². The summed E-state index contributed by atoms with van der Waals surface area (Å²) in [5, 5.41) is 9.47. The molecule has 0 aliphatic heterocycles. The van der Waals surface area contributed by atoms with E-state index >= 15 is 0 Å². The summed E-state index contributed by atoms with van der Waals surface area (Å²) >= 11 is 5.87. The molecule has 8 aromatic heterocycles. The number of rotatable bonds is 9. The number of aryl methyl sites for hydroxylation is 3. The predicted octanol–water partition coefficient (Wildman–Crippen LogP) is 26.1. The first-order valence-corrected chi connectivity index (χ1v) is 40.4. The molecule has 0 unspecified atom stereocenters. The number of hydrogen-bond acceptors (Lipinski definition) is 13. The Kier molecular flexibility index (Phi) is 38.8. The van der Waals surface area contributed by atoms with E-state index in [1.807, 2.05) is 306 Å². The molecule has 4 radical (unpaired) electrons. The van der Waals surface area contributed by atoms with Crippen molar-refractivity contribution in [2.75, 3.05) is 0 Å². The summed E-state index contributed by atoms with van der Waals surface area (Å²) in [5.74, 6) is -0.983. The Bertz CT molecular complexity index is 6460. The van der Waals surface area contributed by atoms with Gasteiger partial charge in [0.15, 0.2) is 0 Å². The molecule has 131 heavy (non-hydrogen) atoms. The number of hydrogen-bond donors (Lipinski definition) is 0. The van der Waals surface area contributed by atoms with Gasteiger partial charge in [0.2, 0.25) is 0 Å². The Labute approximate surface area is 817 Å². The van der Waals surface area contributed by atoms with Crippen LogP contribution in [0.1, 0.15) is 22.6 Å². The predicted molar refractivity (Wildman–Crippen MR) is 499 cm³/mol. The van der Waals surface area contributed by atoms with Crippen LogP contribution in [-0.4, -0.2) is 59.8 Å². The molecular formula is C110H73ClF3Ir4N13-8. The quantitative estimate of drug-likeness (QED) is 0.125. The van der Waals surface area contributed by atoms with E-state index in [4.69, 9.17) is 16.9 Å². The standard InChI is InChI=1S/C20H11F2N2.C16H10N3.C15H10ClN2.C15H10FN2.4C11H8N.4Ir/c21-15-9-5-13(6-10-15)19-20(14-7-11-16(22)12-8-14)24-18-4-2-1-3-17(18)23-19;1-11-16(13-8-6-12(10-17)7-9-13)19-15-5-3-2-4-14(15)18-11;2*1-10-15(11-6-8-12(16)9-7-11)18-14-5-3-2-4-13(14)17-10;4*1-2-6-10(7-3-1)11-8-4-5-9-12-11;;;;/h1-7,9-12H;2-8H,1H3;2*2-6,8-9H,1H3;4*1-6,8-9H;;;;/q8*-1;;;;. The minimum Gasteiger partial charge on any atom is -0.305 e. The van der Waals surface area contributed by atoms with E-state index in [1.165, 1.54) is 36.4 Å². The van der Waals surface area contributed by atoms with Crippen molar-refractivity contribution in [3.8, 4) is 107 Å². The summed E-state index contributed by atoms with van der Waals surface area (Å²) in [6, 6.07) is 138. The van der Waals surface area contributed by atoms with Crippen molar-refractivity contribution in [3.63, 3.8) is 0 Å². The van der Waals surface area contributed by atoms with E-state index in [-0.39, 0.29) is 97.9 Å². The Morgan fingerprint density at radius 2 is 0.511 bits per heavy atom. The molecule has 21 heteroatoms. The van der Waals surface area contributed by atoms with Gasteiger partial charge in [-0.25, -0.2) is 9.65 Å². The molecule has 0 spiro atoms. The van der Waals surface area contributed by atoms with Crippen LogP contribution in [0.4, 0.5) is 13.2 Å². The summed E-state index contributed by atoms with van der Waals surface area (Å²) in [6.45, 7) is 5.78. The van der Waals surface area contributed by atoms with Crippen LogP contribution < -0.4 is 0 Å². The van der Waals surface area contributed by atoms with Crippen LogP contribution in [0.2, 0.25) is 5.02 Å².